The van der Waals surface area contributed by atoms with Crippen LogP contribution in [-0.2, 0) is 11.2 Å². The average Bonchev–Trinajstić information content (AvgIpc) is 2.72. The molecular weight excluding hydrogens is 330 g/mol. The molecule has 2 aromatic rings. The zero-order valence-electron chi connectivity index (χ0n) is 14.7. The number of carbonyl (C=O) groups is 2. The van der Waals surface area contributed by atoms with E-state index in [0.717, 1.165) is 19.3 Å². The lowest BCUT2D eigenvalue weighted by molar-refractivity contribution is -0.118. The summed E-state index contributed by atoms with van der Waals surface area (Å²) in [5, 5.41) is 2.90. The SMILES string of the molecule is O=CN1CCN(c2ncc(C(=O)NCCCc3ccccc3)cn2)CC1. The Hall–Kier alpha value is -2.96. The Balaban J connectivity index is 1.44. The molecule has 3 rings (SSSR count). The van der Waals surface area contributed by atoms with Crippen LogP contribution in [-0.4, -0.2) is 59.9 Å². The van der Waals surface area contributed by atoms with Crippen LogP contribution in [0.3, 0.4) is 0 Å². The van der Waals surface area contributed by atoms with E-state index in [4.69, 9.17) is 0 Å². The maximum atomic E-state index is 12.2. The Bertz CT molecular complexity index is 712. The van der Waals surface area contributed by atoms with Crippen LogP contribution in [0.2, 0.25) is 0 Å². The van der Waals surface area contributed by atoms with Crippen LogP contribution in [0, 0.1) is 0 Å². The highest BCUT2D eigenvalue weighted by atomic mass is 16.1. The number of nitrogens with zero attached hydrogens (tertiary/aromatic N) is 4. The number of amides is 2. The number of nitrogens with one attached hydrogen (secondary N) is 1. The number of piperazine rings is 1. The highest BCUT2D eigenvalue weighted by molar-refractivity contribution is 5.93. The summed E-state index contributed by atoms with van der Waals surface area (Å²) in [4.78, 5) is 35.3. The molecule has 2 amide bonds. The Morgan fingerprint density at radius 3 is 2.42 bits per heavy atom. The molecule has 1 fully saturated rings. The van der Waals surface area contributed by atoms with Crippen LogP contribution in [0.25, 0.3) is 0 Å². The normalized spacial score (nSPS) is 14.2. The predicted octanol–water partition coefficient (Wildman–Crippen LogP) is 1.12. The number of hydrogen-bond acceptors (Lipinski definition) is 5. The summed E-state index contributed by atoms with van der Waals surface area (Å²) in [5.74, 6) is 0.437. The standard InChI is InChI=1S/C19H23N5O2/c25-15-23-9-11-24(12-10-23)19-21-13-17(14-22-19)18(26)20-8-4-7-16-5-2-1-3-6-16/h1-3,5-6,13-15H,4,7-12H2,(H,20,26). The molecule has 0 unspecified atom stereocenters. The van der Waals surface area contributed by atoms with E-state index in [9.17, 15) is 9.59 Å². The van der Waals surface area contributed by atoms with Crippen molar-refractivity contribution in [2.75, 3.05) is 37.6 Å². The minimum absolute atomic E-state index is 0.157. The minimum Gasteiger partial charge on any atom is -0.352 e. The van der Waals surface area contributed by atoms with Crippen molar-refractivity contribution >= 4 is 18.3 Å². The van der Waals surface area contributed by atoms with Crippen LogP contribution >= 0.6 is 0 Å². The fourth-order valence-corrected chi connectivity index (χ4v) is 2.87. The van der Waals surface area contributed by atoms with Gasteiger partial charge in [0.15, 0.2) is 0 Å². The highest BCUT2D eigenvalue weighted by Gasteiger charge is 2.18. The first-order valence-corrected chi connectivity index (χ1v) is 8.85. The topological polar surface area (TPSA) is 78.4 Å². The third kappa shape index (κ3) is 4.78. The van der Waals surface area contributed by atoms with Gasteiger partial charge in [-0.25, -0.2) is 9.97 Å². The Labute approximate surface area is 153 Å². The Kier molecular flexibility index (Phi) is 6.14. The second kappa shape index (κ2) is 8.94. The molecule has 0 aliphatic carbocycles. The van der Waals surface area contributed by atoms with E-state index >= 15 is 0 Å². The molecule has 0 bridgehead atoms. The van der Waals surface area contributed by atoms with Gasteiger partial charge < -0.3 is 15.1 Å². The van der Waals surface area contributed by atoms with E-state index in [-0.39, 0.29) is 5.91 Å². The summed E-state index contributed by atoms with van der Waals surface area (Å²) in [7, 11) is 0. The number of hydrogen-bond donors (Lipinski definition) is 1. The summed E-state index contributed by atoms with van der Waals surface area (Å²) in [6.45, 7) is 3.34. The van der Waals surface area contributed by atoms with E-state index in [1.165, 1.54) is 5.56 Å². The van der Waals surface area contributed by atoms with E-state index in [2.05, 4.69) is 27.4 Å². The van der Waals surface area contributed by atoms with Crippen LogP contribution in [0.1, 0.15) is 22.3 Å². The van der Waals surface area contributed by atoms with Gasteiger partial charge in [0, 0.05) is 45.1 Å². The van der Waals surface area contributed by atoms with Gasteiger partial charge in [-0.15, -0.1) is 0 Å². The van der Waals surface area contributed by atoms with Crippen LogP contribution in [0.15, 0.2) is 42.7 Å². The summed E-state index contributed by atoms with van der Waals surface area (Å²) >= 11 is 0. The Morgan fingerprint density at radius 2 is 1.77 bits per heavy atom. The number of aromatic nitrogens is 2. The summed E-state index contributed by atoms with van der Waals surface area (Å²) in [6.07, 6.45) is 5.80. The van der Waals surface area contributed by atoms with Gasteiger partial charge in [-0.2, -0.15) is 0 Å². The van der Waals surface area contributed by atoms with Gasteiger partial charge >= 0.3 is 0 Å². The molecule has 26 heavy (non-hydrogen) atoms. The first kappa shape index (κ1) is 17.8. The van der Waals surface area contributed by atoms with E-state index in [1.807, 2.05) is 23.1 Å². The predicted molar refractivity (Wildman–Crippen MR) is 99.0 cm³/mol. The van der Waals surface area contributed by atoms with Gasteiger partial charge in [0.2, 0.25) is 12.4 Å². The largest absolute Gasteiger partial charge is 0.352 e. The molecule has 0 atom stereocenters. The van der Waals surface area contributed by atoms with Crippen molar-refractivity contribution < 1.29 is 9.59 Å². The van der Waals surface area contributed by atoms with Crippen molar-refractivity contribution in [2.24, 2.45) is 0 Å². The molecular formula is C19H23N5O2. The smallest absolute Gasteiger partial charge is 0.254 e. The first-order valence-electron chi connectivity index (χ1n) is 8.85. The monoisotopic (exact) mass is 353 g/mol. The quantitative estimate of drug-likeness (QED) is 0.596. The van der Waals surface area contributed by atoms with Gasteiger partial charge in [0.05, 0.1) is 5.56 Å². The number of benzene rings is 1. The number of anilines is 1. The van der Waals surface area contributed by atoms with E-state index in [0.29, 0.717) is 44.2 Å². The lowest BCUT2D eigenvalue weighted by atomic mass is 10.1. The third-order valence-corrected chi connectivity index (χ3v) is 4.42. The maximum absolute atomic E-state index is 12.2. The Morgan fingerprint density at radius 1 is 1.08 bits per heavy atom. The van der Waals surface area contributed by atoms with Crippen molar-refractivity contribution in [3.8, 4) is 0 Å². The number of rotatable bonds is 7. The maximum Gasteiger partial charge on any atom is 0.254 e. The molecule has 7 nitrogen and oxygen atoms in total. The second-order valence-electron chi connectivity index (χ2n) is 6.25. The van der Waals surface area contributed by atoms with Crippen LogP contribution in [0.5, 0.6) is 0 Å². The molecule has 1 aliphatic rings. The minimum atomic E-state index is -0.157. The molecule has 0 radical (unpaired) electrons. The fraction of sp³-hybridized carbons (Fsp3) is 0.368. The molecule has 0 spiro atoms. The molecule has 136 valence electrons. The molecule has 0 saturated carbocycles. The fourth-order valence-electron chi connectivity index (χ4n) is 2.87. The zero-order valence-corrected chi connectivity index (χ0v) is 14.7. The van der Waals surface area contributed by atoms with E-state index in [1.54, 1.807) is 17.3 Å². The second-order valence-corrected chi connectivity index (χ2v) is 6.25. The molecule has 2 heterocycles. The first-order chi connectivity index (χ1) is 12.8. The van der Waals surface area contributed by atoms with Gasteiger partial charge in [-0.05, 0) is 18.4 Å². The van der Waals surface area contributed by atoms with Gasteiger partial charge in [0.1, 0.15) is 0 Å². The summed E-state index contributed by atoms with van der Waals surface area (Å²) in [5.41, 5.74) is 1.73. The molecule has 1 aromatic heterocycles. The summed E-state index contributed by atoms with van der Waals surface area (Å²) < 4.78 is 0. The van der Waals surface area contributed by atoms with Gasteiger partial charge in [0.25, 0.3) is 5.91 Å². The molecule has 7 heteroatoms. The number of carbonyl (C=O) groups excluding carboxylic acids is 2. The van der Waals surface area contributed by atoms with Crippen LogP contribution in [0.4, 0.5) is 5.95 Å². The summed E-state index contributed by atoms with van der Waals surface area (Å²) in [6, 6.07) is 10.2. The molecule has 1 aromatic carbocycles. The third-order valence-electron chi connectivity index (χ3n) is 4.42. The molecule has 1 N–H and O–H groups in total. The van der Waals surface area contributed by atoms with Crippen molar-refractivity contribution in [1.29, 1.82) is 0 Å². The zero-order chi connectivity index (χ0) is 18.2. The average molecular weight is 353 g/mol. The van der Waals surface area contributed by atoms with Crippen molar-refractivity contribution in [1.82, 2.24) is 20.2 Å². The van der Waals surface area contributed by atoms with Gasteiger partial charge in [-0.1, -0.05) is 30.3 Å². The van der Waals surface area contributed by atoms with E-state index < -0.39 is 0 Å². The van der Waals surface area contributed by atoms with Crippen molar-refractivity contribution in [3.63, 3.8) is 0 Å². The molecule has 1 saturated heterocycles. The lowest BCUT2D eigenvalue weighted by Crippen LogP contribution is -2.46. The molecule has 1 aliphatic heterocycles. The number of aryl methyl sites for hydroxylation is 1. The highest BCUT2D eigenvalue weighted by Crippen LogP contribution is 2.10. The van der Waals surface area contributed by atoms with Crippen molar-refractivity contribution in [3.05, 3.63) is 53.9 Å². The lowest BCUT2D eigenvalue weighted by Gasteiger charge is -2.32. The van der Waals surface area contributed by atoms with Crippen LogP contribution < -0.4 is 10.2 Å². The van der Waals surface area contributed by atoms with Gasteiger partial charge in [-0.3, -0.25) is 9.59 Å². The van der Waals surface area contributed by atoms with Crippen molar-refractivity contribution in [2.45, 2.75) is 12.8 Å².